The molecule has 7 heteroatoms. The van der Waals surface area contributed by atoms with Crippen LogP contribution in [0.1, 0.15) is 28.4 Å². The van der Waals surface area contributed by atoms with Crippen molar-refractivity contribution in [2.75, 3.05) is 18.9 Å². The molecule has 1 unspecified atom stereocenters. The Bertz CT molecular complexity index is 809. The van der Waals surface area contributed by atoms with Crippen LogP contribution in [-0.4, -0.2) is 25.1 Å². The summed E-state index contributed by atoms with van der Waals surface area (Å²) in [6.45, 7) is 0.116. The number of nitrogens with two attached hydrogens (primary N) is 1. The first-order valence-corrected chi connectivity index (χ1v) is 8.16. The molecular formula is C18H17ClN2O4. The van der Waals surface area contributed by atoms with Gasteiger partial charge in [0.25, 0.3) is 5.91 Å². The molecule has 0 bridgehead atoms. The van der Waals surface area contributed by atoms with Gasteiger partial charge in [-0.3, -0.25) is 4.79 Å². The first kappa shape index (κ1) is 17.1. The molecule has 1 amide bonds. The topological polar surface area (TPSA) is 90.7 Å². The van der Waals surface area contributed by atoms with E-state index in [1.165, 1.54) is 6.07 Å². The maximum atomic E-state index is 12.1. The number of halogens is 1. The van der Waals surface area contributed by atoms with E-state index in [0.29, 0.717) is 13.0 Å². The van der Waals surface area contributed by atoms with Gasteiger partial charge in [0.15, 0.2) is 6.61 Å². The van der Waals surface area contributed by atoms with E-state index in [4.69, 9.17) is 26.8 Å². The lowest BCUT2D eigenvalue weighted by molar-refractivity contribution is -0.125. The largest absolute Gasteiger partial charge is 0.493 e. The third kappa shape index (κ3) is 3.85. The summed E-state index contributed by atoms with van der Waals surface area (Å²) < 4.78 is 10.6. The summed E-state index contributed by atoms with van der Waals surface area (Å²) in [6.07, 6.45) is 0.651. The number of fused-ring (bicyclic) bond motifs is 1. The number of rotatable bonds is 4. The molecule has 1 aliphatic heterocycles. The standard InChI is InChI=1S/C18H17ClN2O4/c19-13-6-3-5-12(17(13)20)18(23)25-10-16(22)21-14-8-9-24-15-7-2-1-4-11(14)15/h1-7,14H,8-10,20H2,(H,21,22). The van der Waals surface area contributed by atoms with Crippen LogP contribution >= 0.6 is 11.6 Å². The van der Waals surface area contributed by atoms with Crippen LogP contribution in [0.15, 0.2) is 42.5 Å². The van der Waals surface area contributed by atoms with Gasteiger partial charge in [-0.1, -0.05) is 35.9 Å². The lowest BCUT2D eigenvalue weighted by Gasteiger charge is -2.26. The Balaban J connectivity index is 1.59. The van der Waals surface area contributed by atoms with Gasteiger partial charge in [-0.2, -0.15) is 0 Å². The molecule has 1 heterocycles. The number of carbonyl (C=O) groups excluding carboxylic acids is 2. The lowest BCUT2D eigenvalue weighted by atomic mass is 10.0. The molecular weight excluding hydrogens is 344 g/mol. The van der Waals surface area contributed by atoms with Crippen LogP contribution in [0.5, 0.6) is 5.75 Å². The van der Waals surface area contributed by atoms with Gasteiger partial charge >= 0.3 is 5.97 Å². The van der Waals surface area contributed by atoms with Crippen molar-refractivity contribution in [3.8, 4) is 5.75 Å². The van der Waals surface area contributed by atoms with E-state index < -0.39 is 18.5 Å². The van der Waals surface area contributed by atoms with Gasteiger partial charge < -0.3 is 20.5 Å². The van der Waals surface area contributed by atoms with E-state index in [0.717, 1.165) is 11.3 Å². The normalized spacial score (nSPS) is 15.6. The lowest BCUT2D eigenvalue weighted by Crippen LogP contribution is -2.35. The third-order valence-electron chi connectivity index (χ3n) is 3.90. The Morgan fingerprint density at radius 2 is 2.04 bits per heavy atom. The Labute approximate surface area is 149 Å². The number of hydrogen-bond acceptors (Lipinski definition) is 5. The fourth-order valence-electron chi connectivity index (χ4n) is 2.65. The fraction of sp³-hybridized carbons (Fsp3) is 0.222. The van der Waals surface area contributed by atoms with Crippen LogP contribution in [0.2, 0.25) is 5.02 Å². The van der Waals surface area contributed by atoms with Crippen LogP contribution in [0.4, 0.5) is 5.69 Å². The number of nitrogens with one attached hydrogen (secondary N) is 1. The van der Waals surface area contributed by atoms with E-state index in [1.807, 2.05) is 24.3 Å². The highest BCUT2D eigenvalue weighted by Crippen LogP contribution is 2.31. The van der Waals surface area contributed by atoms with Crippen LogP contribution in [0, 0.1) is 0 Å². The number of benzene rings is 2. The van der Waals surface area contributed by atoms with Gasteiger partial charge in [0, 0.05) is 12.0 Å². The van der Waals surface area contributed by atoms with Crippen molar-refractivity contribution < 1.29 is 19.1 Å². The molecule has 0 radical (unpaired) electrons. The summed E-state index contributed by atoms with van der Waals surface area (Å²) in [4.78, 5) is 24.2. The predicted octanol–water partition coefficient (Wildman–Crippen LogP) is 2.72. The molecule has 0 saturated carbocycles. The number of ether oxygens (including phenoxy) is 2. The van der Waals surface area contributed by atoms with E-state index in [1.54, 1.807) is 12.1 Å². The van der Waals surface area contributed by atoms with E-state index in [2.05, 4.69) is 5.32 Å². The van der Waals surface area contributed by atoms with Crippen molar-refractivity contribution in [2.45, 2.75) is 12.5 Å². The molecule has 0 aromatic heterocycles. The van der Waals surface area contributed by atoms with Crippen LogP contribution in [0.3, 0.4) is 0 Å². The van der Waals surface area contributed by atoms with Crippen molar-refractivity contribution in [1.29, 1.82) is 0 Å². The Morgan fingerprint density at radius 1 is 1.24 bits per heavy atom. The summed E-state index contributed by atoms with van der Waals surface area (Å²) in [5, 5.41) is 3.12. The molecule has 130 valence electrons. The molecule has 2 aromatic rings. The van der Waals surface area contributed by atoms with Crippen LogP contribution in [-0.2, 0) is 9.53 Å². The van der Waals surface area contributed by atoms with Gasteiger partial charge in [-0.25, -0.2) is 4.79 Å². The Hall–Kier alpha value is -2.73. The second-order valence-electron chi connectivity index (χ2n) is 5.57. The number of carbonyl (C=O) groups is 2. The predicted molar refractivity (Wildman–Crippen MR) is 93.6 cm³/mol. The highest BCUT2D eigenvalue weighted by molar-refractivity contribution is 6.33. The zero-order chi connectivity index (χ0) is 17.8. The Kier molecular flexibility index (Phi) is 5.09. The molecule has 0 saturated heterocycles. The van der Waals surface area contributed by atoms with E-state index in [9.17, 15) is 9.59 Å². The molecule has 1 atom stereocenters. The maximum Gasteiger partial charge on any atom is 0.340 e. The molecule has 0 fully saturated rings. The highest BCUT2D eigenvalue weighted by Gasteiger charge is 2.23. The van der Waals surface area contributed by atoms with Crippen molar-refractivity contribution in [1.82, 2.24) is 5.32 Å². The molecule has 0 aliphatic carbocycles. The smallest absolute Gasteiger partial charge is 0.340 e. The second-order valence-corrected chi connectivity index (χ2v) is 5.98. The van der Waals surface area contributed by atoms with Crippen LogP contribution in [0.25, 0.3) is 0 Å². The number of nitrogen functional groups attached to an aromatic ring is 1. The first-order chi connectivity index (χ1) is 12.1. The molecule has 6 nitrogen and oxygen atoms in total. The molecule has 1 aliphatic rings. The SMILES string of the molecule is Nc1c(Cl)cccc1C(=O)OCC(=O)NC1CCOc2ccccc21. The average molecular weight is 361 g/mol. The van der Waals surface area contributed by atoms with Gasteiger partial charge in [0.1, 0.15) is 5.75 Å². The van der Waals surface area contributed by atoms with Crippen molar-refractivity contribution in [3.05, 3.63) is 58.6 Å². The van der Waals surface area contributed by atoms with E-state index in [-0.39, 0.29) is 22.3 Å². The maximum absolute atomic E-state index is 12.1. The van der Waals surface area contributed by atoms with Gasteiger partial charge in [0.05, 0.1) is 28.9 Å². The molecule has 2 aromatic carbocycles. The minimum Gasteiger partial charge on any atom is -0.493 e. The zero-order valence-electron chi connectivity index (χ0n) is 13.3. The minimum atomic E-state index is -0.692. The number of anilines is 1. The molecule has 25 heavy (non-hydrogen) atoms. The van der Waals surface area contributed by atoms with Crippen molar-refractivity contribution in [3.63, 3.8) is 0 Å². The zero-order valence-corrected chi connectivity index (χ0v) is 14.1. The van der Waals surface area contributed by atoms with Crippen LogP contribution < -0.4 is 15.8 Å². The quantitative estimate of drug-likeness (QED) is 0.646. The third-order valence-corrected chi connectivity index (χ3v) is 4.23. The average Bonchev–Trinajstić information content (AvgIpc) is 2.62. The number of amides is 1. The van der Waals surface area contributed by atoms with E-state index >= 15 is 0 Å². The highest BCUT2D eigenvalue weighted by atomic mass is 35.5. The number of para-hydroxylation sites is 2. The Morgan fingerprint density at radius 3 is 2.88 bits per heavy atom. The van der Waals surface area contributed by atoms with Gasteiger partial charge in [-0.05, 0) is 18.2 Å². The molecule has 3 N–H and O–H groups in total. The molecule has 0 spiro atoms. The van der Waals surface area contributed by atoms with Crippen molar-refractivity contribution >= 4 is 29.2 Å². The first-order valence-electron chi connectivity index (χ1n) is 7.78. The summed E-state index contributed by atoms with van der Waals surface area (Å²) in [5.41, 5.74) is 6.92. The summed E-state index contributed by atoms with van der Waals surface area (Å²) in [7, 11) is 0. The monoisotopic (exact) mass is 360 g/mol. The van der Waals surface area contributed by atoms with Crippen molar-refractivity contribution in [2.24, 2.45) is 0 Å². The summed E-state index contributed by atoms with van der Waals surface area (Å²) in [6, 6.07) is 12.0. The summed E-state index contributed by atoms with van der Waals surface area (Å²) >= 11 is 5.87. The summed E-state index contributed by atoms with van der Waals surface area (Å²) in [5.74, 6) is -0.332. The molecule has 3 rings (SSSR count). The fourth-order valence-corrected chi connectivity index (χ4v) is 2.83. The number of hydrogen-bond donors (Lipinski definition) is 2. The number of esters is 1. The van der Waals surface area contributed by atoms with Gasteiger partial charge in [0.2, 0.25) is 0 Å². The van der Waals surface area contributed by atoms with Gasteiger partial charge in [-0.15, -0.1) is 0 Å². The minimum absolute atomic E-state index is 0.132. The second kappa shape index (κ2) is 7.44.